The van der Waals surface area contributed by atoms with Crippen molar-refractivity contribution >= 4 is 52.3 Å². The molecule has 2 fully saturated rings. The third kappa shape index (κ3) is 2.88. The molecule has 2 amide bonds. The lowest BCUT2D eigenvalue weighted by Gasteiger charge is -2.27. The van der Waals surface area contributed by atoms with Gasteiger partial charge in [-0.25, -0.2) is 4.90 Å². The maximum Gasteiger partial charge on any atom is 0.241 e. The quantitative estimate of drug-likeness (QED) is 0.361. The highest BCUT2D eigenvalue weighted by molar-refractivity contribution is 6.40. The number of aryl methyl sites for hydroxylation is 1. The van der Waals surface area contributed by atoms with Crippen LogP contribution in [0.1, 0.15) is 37.9 Å². The van der Waals surface area contributed by atoms with E-state index >= 15 is 0 Å². The van der Waals surface area contributed by atoms with Gasteiger partial charge >= 0.3 is 0 Å². The van der Waals surface area contributed by atoms with Gasteiger partial charge in [-0.2, -0.15) is 0 Å². The Balaban J connectivity index is 1.55. The molecule has 8 heteroatoms. The van der Waals surface area contributed by atoms with Crippen molar-refractivity contribution in [3.63, 3.8) is 0 Å². The number of ketones is 2. The average molecular weight is 506 g/mol. The van der Waals surface area contributed by atoms with Crippen molar-refractivity contribution in [2.75, 3.05) is 4.90 Å². The summed E-state index contributed by atoms with van der Waals surface area (Å²) in [6, 6.07) is 18.0. The highest BCUT2D eigenvalue weighted by Crippen LogP contribution is 2.58. The number of hydrogen-bond donors (Lipinski definition) is 0. The first-order chi connectivity index (χ1) is 16.8. The number of carbonyl (C=O) groups is 4. The highest BCUT2D eigenvalue weighted by Gasteiger charge is 2.74. The number of ether oxygens (including phenoxy) is 1. The number of hydrogen-bond acceptors (Lipinski definition) is 5. The summed E-state index contributed by atoms with van der Waals surface area (Å²) >= 11 is 12.4. The Kier molecular flexibility index (Phi) is 4.81. The molecule has 1 aliphatic carbocycles. The number of fused-ring (bicyclic) bond motifs is 3. The predicted molar refractivity (Wildman–Crippen MR) is 129 cm³/mol. The summed E-state index contributed by atoms with van der Waals surface area (Å²) in [5.41, 5.74) is -0.0163. The number of nitrogens with zero attached hydrogens (tertiary/aromatic N) is 1. The number of imide groups is 1. The second-order valence-corrected chi connectivity index (χ2v) is 9.84. The molecule has 6 rings (SSSR count). The predicted octanol–water partition coefficient (Wildman–Crippen LogP) is 5.00. The average Bonchev–Trinajstić information content (AvgIpc) is 3.40. The van der Waals surface area contributed by atoms with E-state index in [0.717, 1.165) is 10.5 Å². The summed E-state index contributed by atoms with van der Waals surface area (Å²) in [7, 11) is 0. The van der Waals surface area contributed by atoms with Gasteiger partial charge in [-0.05, 0) is 30.7 Å². The molecule has 3 aromatic carbocycles. The molecule has 6 nitrogen and oxygen atoms in total. The van der Waals surface area contributed by atoms with Crippen LogP contribution in [0.4, 0.5) is 5.69 Å². The summed E-state index contributed by atoms with van der Waals surface area (Å²) < 4.78 is 6.26. The van der Waals surface area contributed by atoms with Crippen molar-refractivity contribution in [1.29, 1.82) is 0 Å². The second-order valence-electron chi connectivity index (χ2n) is 9.00. The van der Waals surface area contributed by atoms with Crippen LogP contribution in [-0.2, 0) is 14.3 Å². The topological polar surface area (TPSA) is 80.8 Å². The van der Waals surface area contributed by atoms with E-state index in [2.05, 4.69) is 0 Å². The van der Waals surface area contributed by atoms with Crippen LogP contribution in [0.5, 0.6) is 0 Å². The van der Waals surface area contributed by atoms with Crippen molar-refractivity contribution in [2.24, 2.45) is 11.8 Å². The van der Waals surface area contributed by atoms with Crippen LogP contribution in [0, 0.1) is 18.8 Å². The van der Waals surface area contributed by atoms with Crippen LogP contribution in [0.25, 0.3) is 0 Å². The zero-order valence-corrected chi connectivity index (χ0v) is 19.8. The molecule has 3 atom stereocenters. The largest absolute Gasteiger partial charge is 0.349 e. The van der Waals surface area contributed by atoms with E-state index in [-0.39, 0.29) is 21.8 Å². The number of Topliss-reactive ketones (excluding diaryl/α,β-unsaturated/α-hetero) is 2. The maximum atomic E-state index is 13.9. The van der Waals surface area contributed by atoms with Gasteiger partial charge in [0.25, 0.3) is 0 Å². The second kappa shape index (κ2) is 7.59. The van der Waals surface area contributed by atoms with E-state index in [4.69, 9.17) is 27.9 Å². The standard InChI is InChI=1S/C27H17Cl2NO5/c1-13-6-8-14(9-7-13)22-20-21(26(34)30(25(20)33)19-11-10-15(28)12-18(19)29)27(35-22)23(31)16-4-2-3-5-17(16)24(27)32/h2-12,20-22H,1H3/t20-,21-,22-/m0/s1. The first kappa shape index (κ1) is 22.2. The highest BCUT2D eigenvalue weighted by atomic mass is 35.5. The fraction of sp³-hybridized carbons (Fsp3) is 0.185. The Hall–Kier alpha value is -3.32. The van der Waals surface area contributed by atoms with Gasteiger partial charge in [0.05, 0.1) is 28.6 Å². The Morgan fingerprint density at radius 1 is 0.829 bits per heavy atom. The van der Waals surface area contributed by atoms with Gasteiger partial charge in [-0.1, -0.05) is 77.3 Å². The van der Waals surface area contributed by atoms with Crippen molar-refractivity contribution in [3.05, 3.63) is 99.0 Å². The van der Waals surface area contributed by atoms with Crippen LogP contribution in [0.2, 0.25) is 10.0 Å². The minimum absolute atomic E-state index is 0.105. The molecule has 0 saturated carbocycles. The normalized spacial score (nSPS) is 24.4. The van der Waals surface area contributed by atoms with E-state index < -0.39 is 46.9 Å². The number of amides is 2. The first-order valence-electron chi connectivity index (χ1n) is 11.0. The SMILES string of the molecule is Cc1ccc([C@@H]2OC3(C(=O)c4ccccc4C3=O)[C@@H]3C(=O)N(c4ccc(Cl)cc4Cl)C(=O)[C@@H]32)cc1. The molecule has 2 heterocycles. The lowest BCUT2D eigenvalue weighted by atomic mass is 9.77. The molecule has 3 aliphatic rings. The Bertz CT molecular complexity index is 1430. The molecular formula is C27H17Cl2NO5. The molecule has 0 unspecified atom stereocenters. The first-order valence-corrected chi connectivity index (χ1v) is 11.8. The van der Waals surface area contributed by atoms with Crippen LogP contribution in [-0.4, -0.2) is 29.0 Å². The molecule has 2 aliphatic heterocycles. The molecule has 3 aromatic rings. The molecular weight excluding hydrogens is 489 g/mol. The third-order valence-electron chi connectivity index (χ3n) is 7.08. The van der Waals surface area contributed by atoms with Crippen LogP contribution < -0.4 is 4.90 Å². The van der Waals surface area contributed by atoms with Gasteiger partial charge in [-0.3, -0.25) is 19.2 Å². The van der Waals surface area contributed by atoms with Gasteiger partial charge in [0.2, 0.25) is 29.0 Å². The molecule has 0 bridgehead atoms. The Labute approximate surface area is 210 Å². The molecule has 0 N–H and O–H groups in total. The van der Waals surface area contributed by atoms with Crippen LogP contribution in [0.15, 0.2) is 66.7 Å². The van der Waals surface area contributed by atoms with Crippen LogP contribution in [0.3, 0.4) is 0 Å². The van der Waals surface area contributed by atoms with Crippen molar-refractivity contribution in [3.8, 4) is 0 Å². The zero-order valence-electron chi connectivity index (χ0n) is 18.3. The molecule has 174 valence electrons. The molecule has 0 aromatic heterocycles. The number of halogens is 2. The summed E-state index contributed by atoms with van der Waals surface area (Å²) in [6.07, 6.45) is -0.977. The number of carbonyl (C=O) groups excluding carboxylic acids is 4. The number of anilines is 1. The van der Waals surface area contributed by atoms with Gasteiger partial charge in [0.1, 0.15) is 0 Å². The summed E-state index contributed by atoms with van der Waals surface area (Å²) in [5, 5.41) is 0.445. The Morgan fingerprint density at radius 2 is 1.46 bits per heavy atom. The van der Waals surface area contributed by atoms with Gasteiger partial charge in [0.15, 0.2) is 0 Å². The Morgan fingerprint density at radius 3 is 2.06 bits per heavy atom. The smallest absolute Gasteiger partial charge is 0.241 e. The van der Waals surface area contributed by atoms with E-state index in [1.165, 1.54) is 30.3 Å². The van der Waals surface area contributed by atoms with E-state index in [9.17, 15) is 19.2 Å². The van der Waals surface area contributed by atoms with E-state index in [1.807, 2.05) is 19.1 Å². The minimum atomic E-state index is -2.12. The molecule has 2 saturated heterocycles. The van der Waals surface area contributed by atoms with Gasteiger partial charge in [-0.15, -0.1) is 0 Å². The molecule has 35 heavy (non-hydrogen) atoms. The molecule has 1 spiro atoms. The summed E-state index contributed by atoms with van der Waals surface area (Å²) in [5.74, 6) is -4.91. The van der Waals surface area contributed by atoms with Crippen LogP contribution >= 0.6 is 23.2 Å². The van der Waals surface area contributed by atoms with E-state index in [1.54, 1.807) is 24.3 Å². The lowest BCUT2D eigenvalue weighted by molar-refractivity contribution is -0.127. The summed E-state index contributed by atoms with van der Waals surface area (Å²) in [6.45, 7) is 1.92. The maximum absolute atomic E-state index is 13.9. The zero-order chi connectivity index (χ0) is 24.6. The van der Waals surface area contributed by atoms with Crippen molar-refractivity contribution in [1.82, 2.24) is 0 Å². The van der Waals surface area contributed by atoms with Gasteiger partial charge in [0, 0.05) is 16.1 Å². The van der Waals surface area contributed by atoms with Gasteiger partial charge < -0.3 is 4.74 Å². The van der Waals surface area contributed by atoms with Crippen molar-refractivity contribution < 1.29 is 23.9 Å². The third-order valence-corrected chi connectivity index (χ3v) is 7.61. The van der Waals surface area contributed by atoms with Crippen molar-refractivity contribution in [2.45, 2.75) is 18.6 Å². The fourth-order valence-corrected chi connectivity index (χ4v) is 5.97. The van der Waals surface area contributed by atoms with E-state index in [0.29, 0.717) is 10.6 Å². The minimum Gasteiger partial charge on any atom is -0.349 e. The fourth-order valence-electron chi connectivity index (χ4n) is 5.47. The summed E-state index contributed by atoms with van der Waals surface area (Å²) in [4.78, 5) is 56.2. The number of rotatable bonds is 2. The monoisotopic (exact) mass is 505 g/mol. The molecule has 0 radical (unpaired) electrons. The number of benzene rings is 3. The lowest BCUT2D eigenvalue weighted by Crippen LogP contribution is -2.51.